The highest BCUT2D eigenvalue weighted by Gasteiger charge is 2.14. The Morgan fingerprint density at radius 2 is 1.94 bits per heavy atom. The van der Waals surface area contributed by atoms with Crippen molar-refractivity contribution in [2.75, 3.05) is 5.32 Å². The van der Waals surface area contributed by atoms with Crippen molar-refractivity contribution in [3.63, 3.8) is 0 Å². The molecule has 0 atom stereocenters. The zero-order valence-corrected chi connectivity index (χ0v) is 17.0. The summed E-state index contributed by atoms with van der Waals surface area (Å²) in [6.07, 6.45) is 1.42. The minimum Gasteiger partial charge on any atom is -0.355 e. The molecule has 0 radical (unpaired) electrons. The van der Waals surface area contributed by atoms with Crippen LogP contribution in [-0.2, 0) is 4.79 Å². The molecule has 156 valence electrons. The van der Waals surface area contributed by atoms with Gasteiger partial charge in [0.05, 0.1) is 10.3 Å². The van der Waals surface area contributed by atoms with Crippen LogP contribution in [0.5, 0.6) is 0 Å². The zero-order valence-electron chi connectivity index (χ0n) is 16.3. The van der Waals surface area contributed by atoms with Gasteiger partial charge in [-0.25, -0.2) is 0 Å². The summed E-state index contributed by atoms with van der Waals surface area (Å²) in [5.74, 6) is -0.150. The van der Waals surface area contributed by atoms with E-state index in [1.165, 1.54) is 30.3 Å². The van der Waals surface area contributed by atoms with Crippen LogP contribution in [0.2, 0.25) is 5.02 Å². The first-order chi connectivity index (χ1) is 15.4. The average molecular weight is 445 g/mol. The number of rotatable bonds is 5. The number of hydrogen-bond donors (Lipinski definition) is 1. The fourth-order valence-corrected chi connectivity index (χ4v) is 3.20. The lowest BCUT2D eigenvalue weighted by molar-refractivity contribution is -0.384. The number of nitrogens with one attached hydrogen (secondary N) is 1. The number of nitrogens with zero attached hydrogens (tertiary/aromatic N) is 3. The molecule has 0 spiro atoms. The molecular formula is C23H13ClN4O4. The van der Waals surface area contributed by atoms with E-state index in [1.807, 2.05) is 6.07 Å². The van der Waals surface area contributed by atoms with Gasteiger partial charge in [0.2, 0.25) is 0 Å². The van der Waals surface area contributed by atoms with Crippen LogP contribution in [0.3, 0.4) is 0 Å². The standard InChI is InChI=1S/C23H13ClN4O4/c24-17-7-5-15(6-8-17)22-20-11-14(4-9-21(20)27-32-22)10-16(13-25)23(29)26-18-2-1-3-19(12-18)28(30)31/h1-12H,(H,26,29)/b16-10+. The van der Waals surface area contributed by atoms with Crippen LogP contribution in [0.1, 0.15) is 5.56 Å². The Balaban J connectivity index is 1.64. The molecule has 1 N–H and O–H groups in total. The lowest BCUT2D eigenvalue weighted by Gasteiger charge is -2.04. The number of hydrogen-bond acceptors (Lipinski definition) is 6. The van der Waals surface area contributed by atoms with Crippen molar-refractivity contribution >= 4 is 45.9 Å². The number of amides is 1. The van der Waals surface area contributed by atoms with Gasteiger partial charge in [-0.05, 0) is 54.1 Å². The third-order valence-corrected chi connectivity index (χ3v) is 4.85. The van der Waals surface area contributed by atoms with Gasteiger partial charge in [0, 0.05) is 28.4 Å². The highest BCUT2D eigenvalue weighted by Crippen LogP contribution is 2.30. The smallest absolute Gasteiger partial charge is 0.271 e. The maximum atomic E-state index is 12.5. The number of carbonyl (C=O) groups is 1. The highest BCUT2D eigenvalue weighted by molar-refractivity contribution is 6.30. The van der Waals surface area contributed by atoms with Gasteiger partial charge >= 0.3 is 0 Å². The number of nitriles is 1. The summed E-state index contributed by atoms with van der Waals surface area (Å²) in [5, 5.41) is 28.2. The van der Waals surface area contributed by atoms with Gasteiger partial charge in [-0.1, -0.05) is 28.9 Å². The molecule has 0 fully saturated rings. The van der Waals surface area contributed by atoms with Crippen molar-refractivity contribution in [3.05, 3.63) is 93.0 Å². The summed E-state index contributed by atoms with van der Waals surface area (Å²) < 4.78 is 5.47. The molecular weight excluding hydrogens is 432 g/mol. The third kappa shape index (κ3) is 4.33. The van der Waals surface area contributed by atoms with Gasteiger partial charge in [0.15, 0.2) is 5.76 Å². The van der Waals surface area contributed by atoms with Crippen LogP contribution >= 0.6 is 11.6 Å². The number of halogens is 1. The van der Waals surface area contributed by atoms with E-state index < -0.39 is 10.8 Å². The number of nitro benzene ring substituents is 1. The van der Waals surface area contributed by atoms with E-state index in [9.17, 15) is 20.2 Å². The Morgan fingerprint density at radius 1 is 1.16 bits per heavy atom. The second-order valence-electron chi connectivity index (χ2n) is 6.73. The van der Waals surface area contributed by atoms with Gasteiger partial charge in [-0.15, -0.1) is 0 Å². The van der Waals surface area contributed by atoms with E-state index in [4.69, 9.17) is 16.1 Å². The van der Waals surface area contributed by atoms with Gasteiger partial charge in [-0.2, -0.15) is 5.26 Å². The molecule has 9 heteroatoms. The van der Waals surface area contributed by atoms with Crippen molar-refractivity contribution in [2.45, 2.75) is 0 Å². The van der Waals surface area contributed by atoms with Gasteiger partial charge in [0.1, 0.15) is 17.2 Å². The number of carbonyl (C=O) groups excluding carboxylic acids is 1. The van der Waals surface area contributed by atoms with Crippen LogP contribution in [0.25, 0.3) is 28.3 Å². The minimum atomic E-state index is -0.684. The summed E-state index contributed by atoms with van der Waals surface area (Å²) in [4.78, 5) is 22.9. The van der Waals surface area contributed by atoms with Crippen molar-refractivity contribution in [1.29, 1.82) is 5.26 Å². The van der Waals surface area contributed by atoms with Crippen LogP contribution in [0.4, 0.5) is 11.4 Å². The Labute approximate surface area is 186 Å². The van der Waals surface area contributed by atoms with E-state index in [-0.39, 0.29) is 16.9 Å². The van der Waals surface area contributed by atoms with Crippen LogP contribution in [-0.4, -0.2) is 16.0 Å². The van der Waals surface area contributed by atoms with Gasteiger partial charge in [0.25, 0.3) is 11.6 Å². The number of benzene rings is 3. The first-order valence-corrected chi connectivity index (χ1v) is 9.65. The van der Waals surface area contributed by atoms with E-state index in [0.717, 1.165) is 5.56 Å². The number of aromatic nitrogens is 1. The Morgan fingerprint density at radius 3 is 2.66 bits per heavy atom. The number of anilines is 1. The van der Waals surface area contributed by atoms with Crippen LogP contribution in [0.15, 0.2) is 76.8 Å². The van der Waals surface area contributed by atoms with Crippen molar-refractivity contribution < 1.29 is 14.2 Å². The molecule has 0 bridgehead atoms. The molecule has 1 amide bonds. The molecule has 4 aromatic rings. The molecule has 3 aromatic carbocycles. The molecule has 0 aliphatic carbocycles. The predicted molar refractivity (Wildman–Crippen MR) is 120 cm³/mol. The van der Waals surface area contributed by atoms with Gasteiger partial charge in [-0.3, -0.25) is 14.9 Å². The summed E-state index contributed by atoms with van der Waals surface area (Å²) in [7, 11) is 0. The maximum Gasteiger partial charge on any atom is 0.271 e. The molecule has 0 aliphatic heterocycles. The van der Waals surface area contributed by atoms with E-state index >= 15 is 0 Å². The molecule has 0 saturated carbocycles. The quantitative estimate of drug-likeness (QED) is 0.185. The zero-order chi connectivity index (χ0) is 22.7. The minimum absolute atomic E-state index is 0.166. The van der Waals surface area contributed by atoms with E-state index in [1.54, 1.807) is 42.5 Å². The van der Waals surface area contributed by atoms with Crippen LogP contribution < -0.4 is 5.32 Å². The molecule has 0 aliphatic rings. The topological polar surface area (TPSA) is 122 Å². The number of fused-ring (bicyclic) bond motifs is 1. The first-order valence-electron chi connectivity index (χ1n) is 9.27. The summed E-state index contributed by atoms with van der Waals surface area (Å²) in [6, 6.07) is 19.6. The van der Waals surface area contributed by atoms with Crippen LogP contribution in [0, 0.1) is 21.4 Å². The second kappa shape index (κ2) is 8.71. The monoisotopic (exact) mass is 444 g/mol. The van der Waals surface area contributed by atoms with E-state index in [2.05, 4.69) is 10.5 Å². The Bertz CT molecular complexity index is 1420. The number of nitro groups is 1. The fraction of sp³-hybridized carbons (Fsp3) is 0. The first kappa shape index (κ1) is 20.8. The maximum absolute atomic E-state index is 12.5. The lowest BCUT2D eigenvalue weighted by Crippen LogP contribution is -2.13. The second-order valence-corrected chi connectivity index (χ2v) is 7.16. The Hall–Kier alpha value is -4.48. The predicted octanol–water partition coefficient (Wildman–Crippen LogP) is 5.60. The molecule has 8 nitrogen and oxygen atoms in total. The van der Waals surface area contributed by atoms with Gasteiger partial charge < -0.3 is 9.84 Å². The summed E-state index contributed by atoms with van der Waals surface area (Å²) in [5.41, 5.74) is 1.86. The normalized spacial score (nSPS) is 11.2. The molecule has 0 saturated heterocycles. The summed E-state index contributed by atoms with van der Waals surface area (Å²) >= 11 is 5.95. The molecule has 4 rings (SSSR count). The molecule has 1 aromatic heterocycles. The summed E-state index contributed by atoms with van der Waals surface area (Å²) in [6.45, 7) is 0. The third-order valence-electron chi connectivity index (χ3n) is 4.60. The molecule has 0 unspecified atom stereocenters. The largest absolute Gasteiger partial charge is 0.355 e. The highest BCUT2D eigenvalue weighted by atomic mass is 35.5. The fourth-order valence-electron chi connectivity index (χ4n) is 3.07. The lowest BCUT2D eigenvalue weighted by atomic mass is 10.0. The van der Waals surface area contributed by atoms with Crippen molar-refractivity contribution in [2.24, 2.45) is 0 Å². The number of non-ortho nitro benzene ring substituents is 1. The average Bonchev–Trinajstić information content (AvgIpc) is 3.21. The van der Waals surface area contributed by atoms with Crippen molar-refractivity contribution in [1.82, 2.24) is 5.16 Å². The van der Waals surface area contributed by atoms with E-state index in [0.29, 0.717) is 27.2 Å². The molecule has 1 heterocycles. The Kier molecular flexibility index (Phi) is 5.66. The SMILES string of the molecule is N#C/C(=C\c1ccc2noc(-c3ccc(Cl)cc3)c2c1)C(=O)Nc1cccc([N+](=O)[O-])c1. The van der Waals surface area contributed by atoms with Crippen molar-refractivity contribution in [3.8, 4) is 17.4 Å². The molecule has 32 heavy (non-hydrogen) atoms.